The van der Waals surface area contributed by atoms with Crippen molar-refractivity contribution in [2.45, 2.75) is 26.7 Å². The van der Waals surface area contributed by atoms with Gasteiger partial charge >= 0.3 is 0 Å². The molecule has 104 valence electrons. The average Bonchev–Trinajstić information content (AvgIpc) is 2.90. The fourth-order valence-electron chi connectivity index (χ4n) is 2.29. The minimum Gasteiger partial charge on any atom is -0.494 e. The second-order valence-electron chi connectivity index (χ2n) is 4.81. The molecule has 0 aliphatic heterocycles. The minimum absolute atomic E-state index is 0.803. The normalized spacial score (nSPS) is 11.3. The van der Waals surface area contributed by atoms with E-state index in [-0.39, 0.29) is 0 Å². The SMILES string of the molecule is CCN(CC)CCCCOc1ccc2[nH]ccc2c1. The zero-order valence-corrected chi connectivity index (χ0v) is 12.0. The van der Waals surface area contributed by atoms with Crippen molar-refractivity contribution in [1.82, 2.24) is 9.88 Å². The summed E-state index contributed by atoms with van der Waals surface area (Å²) in [4.78, 5) is 5.64. The van der Waals surface area contributed by atoms with E-state index in [1.807, 2.05) is 12.3 Å². The first kappa shape index (κ1) is 13.9. The molecule has 0 radical (unpaired) electrons. The lowest BCUT2D eigenvalue weighted by Gasteiger charge is -2.17. The first-order valence-corrected chi connectivity index (χ1v) is 7.25. The van der Waals surface area contributed by atoms with E-state index in [1.165, 1.54) is 18.4 Å². The maximum absolute atomic E-state index is 5.80. The van der Waals surface area contributed by atoms with E-state index >= 15 is 0 Å². The van der Waals surface area contributed by atoms with E-state index in [0.29, 0.717) is 0 Å². The van der Waals surface area contributed by atoms with Gasteiger partial charge in [0.15, 0.2) is 0 Å². The van der Waals surface area contributed by atoms with Crippen LogP contribution in [0.4, 0.5) is 0 Å². The van der Waals surface area contributed by atoms with Crippen LogP contribution >= 0.6 is 0 Å². The monoisotopic (exact) mass is 260 g/mol. The zero-order valence-electron chi connectivity index (χ0n) is 12.0. The summed E-state index contributed by atoms with van der Waals surface area (Å²) in [5.74, 6) is 0.968. The molecule has 0 unspecified atom stereocenters. The molecule has 1 aromatic carbocycles. The molecule has 2 rings (SSSR count). The molecule has 0 bridgehead atoms. The van der Waals surface area contributed by atoms with Gasteiger partial charge in [-0.2, -0.15) is 0 Å². The molecule has 1 N–H and O–H groups in total. The maximum atomic E-state index is 5.80. The molecule has 0 spiro atoms. The fraction of sp³-hybridized carbons (Fsp3) is 0.500. The molecular formula is C16H24N2O. The van der Waals surface area contributed by atoms with E-state index in [9.17, 15) is 0 Å². The van der Waals surface area contributed by atoms with Crippen molar-refractivity contribution in [3.8, 4) is 5.75 Å². The molecular weight excluding hydrogens is 236 g/mol. The second kappa shape index (κ2) is 7.19. The Bertz CT molecular complexity index is 488. The van der Waals surface area contributed by atoms with Crippen LogP contribution < -0.4 is 4.74 Å². The predicted octanol–water partition coefficient (Wildman–Crippen LogP) is 3.67. The van der Waals surface area contributed by atoms with Crippen molar-refractivity contribution in [2.75, 3.05) is 26.2 Å². The summed E-state index contributed by atoms with van der Waals surface area (Å²) in [6.45, 7) is 8.69. The largest absolute Gasteiger partial charge is 0.494 e. The van der Waals surface area contributed by atoms with Gasteiger partial charge in [0.25, 0.3) is 0 Å². The van der Waals surface area contributed by atoms with Gasteiger partial charge < -0.3 is 14.6 Å². The fourth-order valence-corrected chi connectivity index (χ4v) is 2.29. The second-order valence-corrected chi connectivity index (χ2v) is 4.81. The number of nitrogens with zero attached hydrogens (tertiary/aromatic N) is 1. The number of aromatic nitrogens is 1. The van der Waals surface area contributed by atoms with Crippen LogP contribution in [-0.4, -0.2) is 36.1 Å². The molecule has 0 saturated heterocycles. The van der Waals surface area contributed by atoms with Gasteiger partial charge in [0, 0.05) is 17.1 Å². The van der Waals surface area contributed by atoms with Crippen LogP contribution in [0.5, 0.6) is 5.75 Å². The van der Waals surface area contributed by atoms with Crippen LogP contribution in [0.2, 0.25) is 0 Å². The summed E-state index contributed by atoms with van der Waals surface area (Å²) < 4.78 is 5.80. The number of hydrogen-bond donors (Lipinski definition) is 1. The van der Waals surface area contributed by atoms with Crippen LogP contribution in [0, 0.1) is 0 Å². The van der Waals surface area contributed by atoms with Crippen molar-refractivity contribution in [3.05, 3.63) is 30.5 Å². The van der Waals surface area contributed by atoms with Crippen molar-refractivity contribution >= 4 is 10.9 Å². The Morgan fingerprint density at radius 2 is 1.95 bits per heavy atom. The highest BCUT2D eigenvalue weighted by atomic mass is 16.5. The van der Waals surface area contributed by atoms with Crippen molar-refractivity contribution in [2.24, 2.45) is 0 Å². The maximum Gasteiger partial charge on any atom is 0.120 e. The number of nitrogens with one attached hydrogen (secondary N) is 1. The molecule has 0 saturated carbocycles. The number of rotatable bonds is 8. The number of fused-ring (bicyclic) bond motifs is 1. The molecule has 0 aliphatic rings. The van der Waals surface area contributed by atoms with Gasteiger partial charge in [-0.15, -0.1) is 0 Å². The van der Waals surface area contributed by atoms with Gasteiger partial charge in [-0.3, -0.25) is 0 Å². The van der Waals surface area contributed by atoms with E-state index < -0.39 is 0 Å². The molecule has 1 heterocycles. The number of benzene rings is 1. The smallest absolute Gasteiger partial charge is 0.120 e. The van der Waals surface area contributed by atoms with Crippen LogP contribution in [-0.2, 0) is 0 Å². The quantitative estimate of drug-likeness (QED) is 0.734. The Balaban J connectivity index is 1.70. The first-order chi connectivity index (χ1) is 9.33. The lowest BCUT2D eigenvalue weighted by Crippen LogP contribution is -2.24. The van der Waals surface area contributed by atoms with E-state index in [0.717, 1.165) is 37.4 Å². The van der Waals surface area contributed by atoms with Gasteiger partial charge in [0.05, 0.1) is 6.61 Å². The summed E-state index contributed by atoms with van der Waals surface area (Å²) in [6, 6.07) is 8.27. The summed E-state index contributed by atoms with van der Waals surface area (Å²) in [6.07, 6.45) is 4.27. The van der Waals surface area contributed by atoms with E-state index in [2.05, 4.69) is 41.9 Å². The van der Waals surface area contributed by atoms with Crippen molar-refractivity contribution in [1.29, 1.82) is 0 Å². The number of hydrogen-bond acceptors (Lipinski definition) is 2. The lowest BCUT2D eigenvalue weighted by atomic mass is 10.2. The Hall–Kier alpha value is -1.48. The van der Waals surface area contributed by atoms with Crippen LogP contribution in [0.25, 0.3) is 10.9 Å². The molecule has 2 aromatic rings. The topological polar surface area (TPSA) is 28.3 Å². The summed E-state index contributed by atoms with van der Waals surface area (Å²) >= 11 is 0. The third-order valence-electron chi connectivity index (χ3n) is 3.56. The average molecular weight is 260 g/mol. The van der Waals surface area contributed by atoms with Gasteiger partial charge in [-0.25, -0.2) is 0 Å². The Labute approximate surface area is 115 Å². The highest BCUT2D eigenvalue weighted by Gasteiger charge is 2.00. The lowest BCUT2D eigenvalue weighted by molar-refractivity contribution is 0.266. The van der Waals surface area contributed by atoms with Crippen molar-refractivity contribution in [3.63, 3.8) is 0 Å². The molecule has 3 heteroatoms. The summed E-state index contributed by atoms with van der Waals surface area (Å²) in [5, 5.41) is 1.21. The summed E-state index contributed by atoms with van der Waals surface area (Å²) in [7, 11) is 0. The van der Waals surface area contributed by atoms with Gasteiger partial charge in [-0.1, -0.05) is 13.8 Å². The highest BCUT2D eigenvalue weighted by molar-refractivity contribution is 5.80. The first-order valence-electron chi connectivity index (χ1n) is 7.25. The van der Waals surface area contributed by atoms with Gasteiger partial charge in [-0.05, 0) is 56.7 Å². The van der Waals surface area contributed by atoms with Crippen molar-refractivity contribution < 1.29 is 4.74 Å². The predicted molar refractivity (Wildman–Crippen MR) is 80.8 cm³/mol. The molecule has 0 atom stereocenters. The molecule has 1 aromatic heterocycles. The Morgan fingerprint density at radius 3 is 2.74 bits per heavy atom. The number of aromatic amines is 1. The van der Waals surface area contributed by atoms with Crippen LogP contribution in [0.1, 0.15) is 26.7 Å². The third kappa shape index (κ3) is 4.00. The number of unbranched alkanes of at least 4 members (excludes halogenated alkanes) is 1. The Morgan fingerprint density at radius 1 is 1.11 bits per heavy atom. The van der Waals surface area contributed by atoms with Crippen LogP contribution in [0.15, 0.2) is 30.5 Å². The highest BCUT2D eigenvalue weighted by Crippen LogP contribution is 2.19. The van der Waals surface area contributed by atoms with E-state index in [4.69, 9.17) is 4.74 Å². The number of H-pyrrole nitrogens is 1. The zero-order chi connectivity index (χ0) is 13.5. The van der Waals surface area contributed by atoms with E-state index in [1.54, 1.807) is 0 Å². The standard InChI is InChI=1S/C16H24N2O/c1-3-18(4-2)11-5-6-12-19-15-7-8-16-14(13-15)9-10-17-16/h7-10,13,17H,3-6,11-12H2,1-2H3. The molecule has 0 amide bonds. The molecule has 0 fully saturated rings. The van der Waals surface area contributed by atoms with Gasteiger partial charge in [0.2, 0.25) is 0 Å². The third-order valence-corrected chi connectivity index (χ3v) is 3.56. The molecule has 0 aliphatic carbocycles. The molecule has 19 heavy (non-hydrogen) atoms. The molecule has 3 nitrogen and oxygen atoms in total. The summed E-state index contributed by atoms with van der Waals surface area (Å²) in [5.41, 5.74) is 1.16. The number of ether oxygens (including phenoxy) is 1. The van der Waals surface area contributed by atoms with Crippen LogP contribution in [0.3, 0.4) is 0 Å². The minimum atomic E-state index is 0.803. The Kier molecular flexibility index (Phi) is 5.28. The van der Waals surface area contributed by atoms with Gasteiger partial charge in [0.1, 0.15) is 5.75 Å².